The van der Waals surface area contributed by atoms with Crippen LogP contribution in [0.3, 0.4) is 0 Å². The van der Waals surface area contributed by atoms with Crippen molar-refractivity contribution >= 4 is 27.8 Å². The number of carbonyl (C=O) groups excluding carboxylic acids is 1. The molecule has 0 atom stereocenters. The van der Waals surface area contributed by atoms with Crippen molar-refractivity contribution in [2.45, 2.75) is 25.4 Å². The van der Waals surface area contributed by atoms with Crippen molar-refractivity contribution in [3.63, 3.8) is 0 Å². The van der Waals surface area contributed by atoms with Crippen LogP contribution in [0.4, 0.5) is 4.39 Å². The van der Waals surface area contributed by atoms with Gasteiger partial charge >= 0.3 is 0 Å². The lowest BCUT2D eigenvalue weighted by Crippen LogP contribution is -2.49. The normalized spacial score (nSPS) is 16.6. The minimum absolute atomic E-state index is 0.0420. The summed E-state index contributed by atoms with van der Waals surface area (Å²) >= 11 is 3.25. The second-order valence-corrected chi connectivity index (χ2v) is 6.95. The first-order chi connectivity index (χ1) is 12.0. The lowest BCUT2D eigenvalue weighted by molar-refractivity contribution is -0.122. The molecule has 6 nitrogen and oxygen atoms in total. The molecular weight excluding hydrogens is 389 g/mol. The number of likely N-dealkylation sites (N-methyl/N-ethyl adjacent to an activating group) is 1. The summed E-state index contributed by atoms with van der Waals surface area (Å²) in [6.07, 6.45) is 1.87. The van der Waals surface area contributed by atoms with Gasteiger partial charge in [0.1, 0.15) is 5.82 Å². The zero-order valence-corrected chi connectivity index (χ0v) is 16.2. The number of hydrogen-bond donors (Lipinski definition) is 3. The molecule has 0 saturated carbocycles. The Labute approximate surface area is 156 Å². The number of nitrogens with one attached hydrogen (secondary N) is 3. The molecule has 1 amide bonds. The van der Waals surface area contributed by atoms with Crippen molar-refractivity contribution in [2.24, 2.45) is 4.99 Å². The summed E-state index contributed by atoms with van der Waals surface area (Å²) in [5.41, 5.74) is 0.589. The monoisotopic (exact) mass is 413 g/mol. The van der Waals surface area contributed by atoms with Gasteiger partial charge in [0.25, 0.3) is 0 Å². The van der Waals surface area contributed by atoms with E-state index in [0.717, 1.165) is 30.4 Å². The lowest BCUT2D eigenvalue weighted by Gasteiger charge is -2.32. The summed E-state index contributed by atoms with van der Waals surface area (Å²) in [6.45, 7) is 2.54. The number of likely N-dealkylation sites (tertiary alicyclic amines) is 1. The van der Waals surface area contributed by atoms with Crippen LogP contribution in [0.1, 0.15) is 18.4 Å². The number of rotatable bonds is 5. The van der Waals surface area contributed by atoms with Crippen molar-refractivity contribution in [1.29, 1.82) is 0 Å². The molecule has 0 radical (unpaired) electrons. The maximum atomic E-state index is 13.9. The van der Waals surface area contributed by atoms with Crippen LogP contribution in [0.2, 0.25) is 0 Å². The van der Waals surface area contributed by atoms with Gasteiger partial charge in [-0.2, -0.15) is 0 Å². The topological polar surface area (TPSA) is 68.8 Å². The number of amides is 1. The van der Waals surface area contributed by atoms with Crippen LogP contribution in [0.5, 0.6) is 0 Å². The number of carbonyl (C=O) groups is 1. The molecule has 0 aliphatic carbocycles. The number of benzene rings is 1. The van der Waals surface area contributed by atoms with E-state index in [1.54, 1.807) is 20.2 Å². The molecule has 1 aromatic carbocycles. The molecule has 0 bridgehead atoms. The molecule has 0 unspecified atom stereocenters. The predicted molar refractivity (Wildman–Crippen MR) is 101 cm³/mol. The highest BCUT2D eigenvalue weighted by Crippen LogP contribution is 2.15. The number of piperidine rings is 1. The van der Waals surface area contributed by atoms with E-state index >= 15 is 0 Å². The maximum Gasteiger partial charge on any atom is 0.233 e. The van der Waals surface area contributed by atoms with E-state index in [2.05, 4.69) is 41.8 Å². The molecule has 138 valence electrons. The Bertz CT molecular complexity index is 617. The summed E-state index contributed by atoms with van der Waals surface area (Å²) in [5, 5.41) is 9.17. The third kappa shape index (κ3) is 6.28. The average molecular weight is 414 g/mol. The molecular formula is C17H25BrFN5O. The van der Waals surface area contributed by atoms with Crippen molar-refractivity contribution in [3.05, 3.63) is 34.1 Å². The largest absolute Gasteiger partial charge is 0.358 e. The van der Waals surface area contributed by atoms with Gasteiger partial charge in [-0.15, -0.1) is 0 Å². The van der Waals surface area contributed by atoms with Gasteiger partial charge in [-0.1, -0.05) is 22.0 Å². The first kappa shape index (κ1) is 19.7. The molecule has 1 aromatic rings. The van der Waals surface area contributed by atoms with Gasteiger partial charge < -0.3 is 16.0 Å². The second kappa shape index (κ2) is 9.72. The van der Waals surface area contributed by atoms with Crippen molar-refractivity contribution < 1.29 is 9.18 Å². The van der Waals surface area contributed by atoms with Crippen molar-refractivity contribution in [1.82, 2.24) is 20.9 Å². The summed E-state index contributed by atoms with van der Waals surface area (Å²) < 4.78 is 14.6. The zero-order chi connectivity index (χ0) is 18.2. The Hall–Kier alpha value is -1.67. The van der Waals surface area contributed by atoms with Gasteiger partial charge in [-0.3, -0.25) is 14.7 Å². The van der Waals surface area contributed by atoms with Crippen LogP contribution in [-0.4, -0.2) is 56.5 Å². The van der Waals surface area contributed by atoms with Gasteiger partial charge in [-0.25, -0.2) is 4.39 Å². The fraction of sp³-hybridized carbons (Fsp3) is 0.529. The van der Waals surface area contributed by atoms with Crippen LogP contribution in [-0.2, 0) is 11.3 Å². The Morgan fingerprint density at radius 3 is 2.72 bits per heavy atom. The van der Waals surface area contributed by atoms with Gasteiger partial charge in [0.05, 0.1) is 6.54 Å². The summed E-state index contributed by atoms with van der Waals surface area (Å²) in [5.74, 6) is 0.451. The fourth-order valence-corrected chi connectivity index (χ4v) is 3.08. The molecule has 1 fully saturated rings. The molecule has 1 saturated heterocycles. The highest BCUT2D eigenvalue weighted by molar-refractivity contribution is 9.10. The molecule has 0 spiro atoms. The first-order valence-corrected chi connectivity index (χ1v) is 9.15. The molecule has 1 aliphatic rings. The number of guanidine groups is 1. The third-order valence-corrected chi connectivity index (χ3v) is 4.75. The average Bonchev–Trinajstić information content (AvgIpc) is 2.61. The first-order valence-electron chi connectivity index (χ1n) is 8.36. The Morgan fingerprint density at radius 1 is 1.40 bits per heavy atom. The fourth-order valence-electron chi connectivity index (χ4n) is 2.75. The standard InChI is InChI=1S/C17H25BrFN5O/c1-20-16(25)11-24-7-5-14(6-8-24)23-17(21-2)22-10-12-3-4-13(18)9-15(12)19/h3-4,9,14H,5-8,10-11H2,1-2H3,(H,20,25)(H2,21,22,23). The lowest BCUT2D eigenvalue weighted by atomic mass is 10.1. The molecule has 1 aliphatic heterocycles. The highest BCUT2D eigenvalue weighted by atomic mass is 79.9. The molecule has 2 rings (SSSR count). The quantitative estimate of drug-likeness (QED) is 0.504. The van der Waals surface area contributed by atoms with Crippen molar-refractivity contribution in [3.8, 4) is 0 Å². The van der Waals surface area contributed by atoms with Gasteiger partial charge in [0, 0.05) is 49.8 Å². The van der Waals surface area contributed by atoms with E-state index in [1.807, 2.05) is 6.07 Å². The maximum absolute atomic E-state index is 13.9. The highest BCUT2D eigenvalue weighted by Gasteiger charge is 2.21. The molecule has 0 aromatic heterocycles. The third-order valence-electron chi connectivity index (χ3n) is 4.26. The summed E-state index contributed by atoms with van der Waals surface area (Å²) in [4.78, 5) is 17.8. The number of hydrogen-bond acceptors (Lipinski definition) is 3. The number of nitrogens with zero attached hydrogens (tertiary/aromatic N) is 2. The van der Waals surface area contributed by atoms with E-state index in [1.165, 1.54) is 6.07 Å². The smallest absolute Gasteiger partial charge is 0.233 e. The number of aliphatic imine (C=N–C) groups is 1. The molecule has 3 N–H and O–H groups in total. The van der Waals surface area contributed by atoms with Crippen LogP contribution < -0.4 is 16.0 Å². The second-order valence-electron chi connectivity index (χ2n) is 6.03. The Balaban J connectivity index is 1.78. The van der Waals surface area contributed by atoms with E-state index in [-0.39, 0.29) is 11.7 Å². The van der Waals surface area contributed by atoms with Crippen LogP contribution in [0.15, 0.2) is 27.7 Å². The van der Waals surface area contributed by atoms with E-state index in [0.29, 0.717) is 30.7 Å². The predicted octanol–water partition coefficient (Wildman–Crippen LogP) is 1.46. The molecule has 8 heteroatoms. The zero-order valence-electron chi connectivity index (χ0n) is 14.6. The Kier molecular flexibility index (Phi) is 7.64. The van der Waals surface area contributed by atoms with Gasteiger partial charge in [0.15, 0.2) is 5.96 Å². The van der Waals surface area contributed by atoms with Crippen LogP contribution in [0.25, 0.3) is 0 Å². The van der Waals surface area contributed by atoms with E-state index < -0.39 is 0 Å². The van der Waals surface area contributed by atoms with Crippen molar-refractivity contribution in [2.75, 3.05) is 33.7 Å². The Morgan fingerprint density at radius 2 is 2.12 bits per heavy atom. The minimum Gasteiger partial charge on any atom is -0.358 e. The molecule has 25 heavy (non-hydrogen) atoms. The van der Waals surface area contributed by atoms with Gasteiger partial charge in [-0.05, 0) is 25.0 Å². The minimum atomic E-state index is -0.250. The van der Waals surface area contributed by atoms with Crippen LogP contribution in [0, 0.1) is 5.82 Å². The SMILES string of the molecule is CN=C(NCc1ccc(Br)cc1F)NC1CCN(CC(=O)NC)CC1. The summed E-state index contributed by atoms with van der Waals surface area (Å²) in [7, 11) is 3.36. The van der Waals surface area contributed by atoms with Gasteiger partial charge in [0.2, 0.25) is 5.91 Å². The number of halogens is 2. The van der Waals surface area contributed by atoms with E-state index in [4.69, 9.17) is 0 Å². The van der Waals surface area contributed by atoms with E-state index in [9.17, 15) is 9.18 Å². The van der Waals surface area contributed by atoms with Crippen LogP contribution >= 0.6 is 15.9 Å². The summed E-state index contributed by atoms with van der Waals surface area (Å²) in [6, 6.07) is 5.31. The molecule has 1 heterocycles.